The Kier molecular flexibility index (Phi) is 6.34. The van der Waals surface area contributed by atoms with Crippen molar-refractivity contribution >= 4 is 17.5 Å². The van der Waals surface area contributed by atoms with E-state index in [0.29, 0.717) is 6.54 Å². The first kappa shape index (κ1) is 19.9. The lowest BCUT2D eigenvalue weighted by molar-refractivity contribution is -0.128. The van der Waals surface area contributed by atoms with E-state index in [2.05, 4.69) is 10.6 Å². The molecule has 2 N–H and O–H groups in total. The number of benzene rings is 2. The normalized spacial score (nSPS) is 15.5. The molecule has 148 valence electrons. The number of rotatable bonds is 6. The fourth-order valence-corrected chi connectivity index (χ4v) is 4.07. The molecule has 0 bridgehead atoms. The number of nitrogens with one attached hydrogen (secondary N) is 2. The molecule has 28 heavy (non-hydrogen) atoms. The van der Waals surface area contributed by atoms with Gasteiger partial charge in [0, 0.05) is 24.7 Å². The smallest absolute Gasteiger partial charge is 0.230 e. The van der Waals surface area contributed by atoms with Gasteiger partial charge in [-0.1, -0.05) is 49.6 Å². The van der Waals surface area contributed by atoms with Crippen LogP contribution in [0.2, 0.25) is 0 Å². The van der Waals surface area contributed by atoms with Gasteiger partial charge in [0.1, 0.15) is 5.75 Å². The molecule has 0 unspecified atom stereocenters. The van der Waals surface area contributed by atoms with E-state index in [1.807, 2.05) is 48.5 Å². The maximum atomic E-state index is 13.3. The van der Waals surface area contributed by atoms with Crippen LogP contribution in [0.1, 0.15) is 50.2 Å². The van der Waals surface area contributed by atoms with Gasteiger partial charge in [-0.3, -0.25) is 9.59 Å². The predicted octanol–water partition coefficient (Wildman–Crippen LogP) is 4.17. The summed E-state index contributed by atoms with van der Waals surface area (Å²) in [5.74, 6) is 0.736. The Hall–Kier alpha value is -2.82. The van der Waals surface area contributed by atoms with Gasteiger partial charge in [0.05, 0.1) is 12.5 Å². The van der Waals surface area contributed by atoms with Gasteiger partial charge in [-0.05, 0) is 36.6 Å². The zero-order chi connectivity index (χ0) is 20.0. The zero-order valence-electron chi connectivity index (χ0n) is 16.6. The summed E-state index contributed by atoms with van der Waals surface area (Å²) in [6.45, 7) is 1.93. The van der Waals surface area contributed by atoms with Crippen molar-refractivity contribution in [3.63, 3.8) is 0 Å². The van der Waals surface area contributed by atoms with Gasteiger partial charge in [-0.2, -0.15) is 0 Å². The van der Waals surface area contributed by atoms with E-state index in [9.17, 15) is 9.59 Å². The van der Waals surface area contributed by atoms with Gasteiger partial charge >= 0.3 is 0 Å². The second-order valence-corrected chi connectivity index (χ2v) is 7.40. The van der Waals surface area contributed by atoms with Gasteiger partial charge in [-0.25, -0.2) is 0 Å². The number of para-hydroxylation sites is 1. The first-order valence-corrected chi connectivity index (χ1v) is 9.83. The van der Waals surface area contributed by atoms with Crippen molar-refractivity contribution in [3.8, 4) is 5.75 Å². The molecule has 3 rings (SSSR count). The van der Waals surface area contributed by atoms with Crippen LogP contribution < -0.4 is 15.4 Å². The largest absolute Gasteiger partial charge is 0.496 e. The molecular formula is C23H28N2O3. The second kappa shape index (κ2) is 8.91. The van der Waals surface area contributed by atoms with Crippen LogP contribution in [0.3, 0.4) is 0 Å². The van der Waals surface area contributed by atoms with Crippen LogP contribution in [0, 0.1) is 0 Å². The molecule has 1 fully saturated rings. The molecule has 0 radical (unpaired) electrons. The fraction of sp³-hybridized carbons (Fsp3) is 0.391. The van der Waals surface area contributed by atoms with Crippen molar-refractivity contribution in [1.82, 2.24) is 5.32 Å². The van der Waals surface area contributed by atoms with Crippen molar-refractivity contribution in [2.75, 3.05) is 12.4 Å². The summed E-state index contributed by atoms with van der Waals surface area (Å²) in [5, 5.41) is 5.92. The summed E-state index contributed by atoms with van der Waals surface area (Å²) in [5.41, 5.74) is 2.20. The molecule has 0 aliphatic heterocycles. The summed E-state index contributed by atoms with van der Waals surface area (Å²) in [6.07, 6.45) is 4.91. The SMILES string of the molecule is COc1ccccc1CNC(=O)C1(c2ccc(NC(C)=O)cc2)CCCCC1. The molecule has 1 aliphatic rings. The van der Waals surface area contributed by atoms with Crippen LogP contribution in [-0.4, -0.2) is 18.9 Å². The lowest BCUT2D eigenvalue weighted by Gasteiger charge is -2.36. The van der Waals surface area contributed by atoms with Crippen LogP contribution in [0.25, 0.3) is 0 Å². The van der Waals surface area contributed by atoms with Gasteiger partial charge < -0.3 is 15.4 Å². The van der Waals surface area contributed by atoms with E-state index in [-0.39, 0.29) is 11.8 Å². The molecule has 0 heterocycles. The summed E-state index contributed by atoms with van der Waals surface area (Å²) in [6, 6.07) is 15.4. The highest BCUT2D eigenvalue weighted by Crippen LogP contribution is 2.40. The zero-order valence-corrected chi connectivity index (χ0v) is 16.6. The van der Waals surface area contributed by atoms with E-state index in [1.54, 1.807) is 7.11 Å². The van der Waals surface area contributed by atoms with Crippen LogP contribution in [-0.2, 0) is 21.5 Å². The minimum absolute atomic E-state index is 0.0605. The van der Waals surface area contributed by atoms with Crippen LogP contribution in [0.5, 0.6) is 5.75 Å². The summed E-state index contributed by atoms with van der Waals surface area (Å²) in [4.78, 5) is 24.6. The Labute approximate surface area is 166 Å². The molecule has 1 saturated carbocycles. The molecule has 2 aromatic carbocycles. The number of methoxy groups -OCH3 is 1. The maximum Gasteiger partial charge on any atom is 0.230 e. The number of amides is 2. The molecule has 2 aromatic rings. The predicted molar refractivity (Wildman–Crippen MR) is 110 cm³/mol. The molecule has 0 spiro atoms. The van der Waals surface area contributed by atoms with E-state index in [1.165, 1.54) is 6.92 Å². The number of anilines is 1. The Morgan fingerprint density at radius 3 is 2.32 bits per heavy atom. The Balaban J connectivity index is 1.80. The average Bonchev–Trinajstić information content (AvgIpc) is 2.72. The fourth-order valence-electron chi connectivity index (χ4n) is 4.07. The van der Waals surface area contributed by atoms with E-state index in [0.717, 1.165) is 54.7 Å². The minimum Gasteiger partial charge on any atom is -0.496 e. The number of hydrogen-bond donors (Lipinski definition) is 2. The van der Waals surface area contributed by atoms with Crippen molar-refractivity contribution in [2.45, 2.75) is 51.0 Å². The van der Waals surface area contributed by atoms with E-state index in [4.69, 9.17) is 4.74 Å². The maximum absolute atomic E-state index is 13.3. The molecule has 2 amide bonds. The van der Waals surface area contributed by atoms with Crippen LogP contribution in [0.4, 0.5) is 5.69 Å². The van der Waals surface area contributed by atoms with Crippen molar-refractivity contribution in [1.29, 1.82) is 0 Å². The second-order valence-electron chi connectivity index (χ2n) is 7.40. The highest BCUT2D eigenvalue weighted by molar-refractivity contribution is 5.90. The molecular weight excluding hydrogens is 352 g/mol. The van der Waals surface area contributed by atoms with Crippen molar-refractivity contribution in [3.05, 3.63) is 59.7 Å². The number of ether oxygens (including phenoxy) is 1. The quantitative estimate of drug-likeness (QED) is 0.790. The van der Waals surface area contributed by atoms with Gasteiger partial charge in [0.25, 0.3) is 0 Å². The molecule has 0 atom stereocenters. The van der Waals surface area contributed by atoms with Crippen LogP contribution >= 0.6 is 0 Å². The topological polar surface area (TPSA) is 67.4 Å². The van der Waals surface area contributed by atoms with Crippen molar-refractivity contribution < 1.29 is 14.3 Å². The summed E-state index contributed by atoms with van der Waals surface area (Å²) in [7, 11) is 1.64. The Bertz CT molecular complexity index is 824. The van der Waals surface area contributed by atoms with Gasteiger partial charge in [0.2, 0.25) is 11.8 Å². The molecule has 5 nitrogen and oxygen atoms in total. The third kappa shape index (κ3) is 4.35. The lowest BCUT2D eigenvalue weighted by atomic mass is 9.68. The standard InChI is InChI=1S/C23H28N2O3/c1-17(26)25-20-12-10-19(11-13-20)23(14-6-3-7-15-23)22(27)24-16-18-8-4-5-9-21(18)28-2/h4-5,8-13H,3,6-7,14-16H2,1-2H3,(H,24,27)(H,25,26). The van der Waals surface area contributed by atoms with Gasteiger partial charge in [0.15, 0.2) is 0 Å². The third-order valence-electron chi connectivity index (χ3n) is 5.53. The van der Waals surface area contributed by atoms with E-state index < -0.39 is 5.41 Å². The Morgan fingerprint density at radius 2 is 1.68 bits per heavy atom. The number of carbonyl (C=O) groups excluding carboxylic acids is 2. The lowest BCUT2D eigenvalue weighted by Crippen LogP contribution is -2.45. The minimum atomic E-state index is -0.519. The Morgan fingerprint density at radius 1 is 1.00 bits per heavy atom. The molecule has 0 saturated heterocycles. The first-order chi connectivity index (χ1) is 13.5. The number of carbonyl (C=O) groups is 2. The first-order valence-electron chi connectivity index (χ1n) is 9.83. The van der Waals surface area contributed by atoms with Crippen LogP contribution in [0.15, 0.2) is 48.5 Å². The van der Waals surface area contributed by atoms with Gasteiger partial charge in [-0.15, -0.1) is 0 Å². The summed E-state index contributed by atoms with van der Waals surface area (Å²) < 4.78 is 5.39. The number of hydrogen-bond acceptors (Lipinski definition) is 3. The van der Waals surface area contributed by atoms with Crippen molar-refractivity contribution in [2.24, 2.45) is 0 Å². The molecule has 0 aromatic heterocycles. The summed E-state index contributed by atoms with van der Waals surface area (Å²) >= 11 is 0. The third-order valence-corrected chi connectivity index (χ3v) is 5.53. The highest BCUT2D eigenvalue weighted by Gasteiger charge is 2.40. The van der Waals surface area contributed by atoms with E-state index >= 15 is 0 Å². The average molecular weight is 380 g/mol. The molecule has 1 aliphatic carbocycles. The highest BCUT2D eigenvalue weighted by atomic mass is 16.5. The monoisotopic (exact) mass is 380 g/mol. The molecule has 5 heteroatoms.